The van der Waals surface area contributed by atoms with Crippen LogP contribution in [0.4, 0.5) is 13.2 Å². The minimum atomic E-state index is -4.37. The van der Waals surface area contributed by atoms with Crippen molar-refractivity contribution in [2.75, 3.05) is 32.9 Å². The molecule has 3 aliphatic rings. The molecule has 208 valence electrons. The van der Waals surface area contributed by atoms with E-state index in [0.717, 1.165) is 57.2 Å². The molecule has 38 heavy (non-hydrogen) atoms. The molecule has 1 aliphatic carbocycles. The number of alkyl halides is 3. The molecule has 2 heterocycles. The zero-order chi connectivity index (χ0) is 26.8. The Kier molecular flexibility index (Phi) is 8.06. The van der Waals surface area contributed by atoms with Gasteiger partial charge in [0, 0.05) is 18.2 Å². The Balaban J connectivity index is 1.11. The molecule has 1 saturated carbocycles. The highest BCUT2D eigenvalue weighted by molar-refractivity contribution is 7.89. The Morgan fingerprint density at radius 1 is 0.921 bits per heavy atom. The largest absolute Gasteiger partial charge is 0.486 e. The van der Waals surface area contributed by atoms with Crippen molar-refractivity contribution in [1.82, 2.24) is 9.62 Å². The molecule has 0 bridgehead atoms. The summed E-state index contributed by atoms with van der Waals surface area (Å²) in [6.07, 6.45) is 0.624. The number of halogens is 3. The van der Waals surface area contributed by atoms with Gasteiger partial charge in [0.2, 0.25) is 10.0 Å². The van der Waals surface area contributed by atoms with E-state index < -0.39 is 22.8 Å². The molecule has 0 aromatic heterocycles. The number of benzene rings is 2. The van der Waals surface area contributed by atoms with E-state index in [1.165, 1.54) is 12.1 Å². The van der Waals surface area contributed by atoms with Crippen LogP contribution in [0.5, 0.6) is 17.2 Å². The highest BCUT2D eigenvalue weighted by Gasteiger charge is 2.33. The van der Waals surface area contributed by atoms with Crippen molar-refractivity contribution in [2.45, 2.75) is 67.6 Å². The van der Waals surface area contributed by atoms with Gasteiger partial charge < -0.3 is 19.1 Å². The van der Waals surface area contributed by atoms with E-state index in [9.17, 15) is 21.6 Å². The maximum Gasteiger partial charge on any atom is 0.422 e. The standard InChI is InChI=1S/C27H33F3N2O5S/c28-27(29,30)18-37-24-4-2-1-3-23(24)19-11-13-32(14-12-19)21-7-5-20(6-8-21)31-38(33,34)22-9-10-25-26(17-22)36-16-15-35-25/h1-4,9-10,17,19-21,31H,5-8,11-16,18H2/t20-,21-. The van der Waals surface area contributed by atoms with Crippen molar-refractivity contribution < 1.29 is 35.8 Å². The Hall–Kier alpha value is -2.50. The summed E-state index contributed by atoms with van der Waals surface area (Å²) in [7, 11) is -3.67. The number of nitrogens with zero attached hydrogens (tertiary/aromatic N) is 1. The molecule has 2 fully saturated rings. The van der Waals surface area contributed by atoms with Gasteiger partial charge in [0.05, 0.1) is 4.90 Å². The number of likely N-dealkylation sites (tertiary alicyclic amines) is 1. The van der Waals surface area contributed by atoms with Gasteiger partial charge in [-0.3, -0.25) is 0 Å². The molecule has 0 radical (unpaired) electrons. The summed E-state index contributed by atoms with van der Waals surface area (Å²) in [5.74, 6) is 1.47. The minimum absolute atomic E-state index is 0.125. The summed E-state index contributed by atoms with van der Waals surface area (Å²) in [4.78, 5) is 2.62. The molecular weight excluding hydrogens is 521 g/mol. The van der Waals surface area contributed by atoms with Gasteiger partial charge >= 0.3 is 6.18 Å². The van der Waals surface area contributed by atoms with Crippen LogP contribution in [-0.4, -0.2) is 64.5 Å². The third-order valence-corrected chi connectivity index (χ3v) is 9.16. The smallest absolute Gasteiger partial charge is 0.422 e. The second kappa shape index (κ2) is 11.3. The number of para-hydroxylation sites is 1. The van der Waals surface area contributed by atoms with Crippen LogP contribution in [0.3, 0.4) is 0 Å². The summed E-state index contributed by atoms with van der Waals surface area (Å²) in [5, 5.41) is 0. The Morgan fingerprint density at radius 2 is 1.61 bits per heavy atom. The Bertz CT molecular complexity index is 1210. The van der Waals surface area contributed by atoms with Crippen molar-refractivity contribution in [3.05, 3.63) is 48.0 Å². The maximum atomic E-state index is 13.0. The zero-order valence-corrected chi connectivity index (χ0v) is 21.9. The number of hydrogen-bond donors (Lipinski definition) is 1. The van der Waals surface area contributed by atoms with Gasteiger partial charge in [-0.15, -0.1) is 0 Å². The Labute approximate surface area is 221 Å². The molecule has 2 aliphatic heterocycles. The monoisotopic (exact) mass is 554 g/mol. The minimum Gasteiger partial charge on any atom is -0.486 e. The van der Waals surface area contributed by atoms with Gasteiger partial charge in [-0.1, -0.05) is 18.2 Å². The van der Waals surface area contributed by atoms with Gasteiger partial charge in [0.25, 0.3) is 0 Å². The molecule has 0 unspecified atom stereocenters. The zero-order valence-electron chi connectivity index (χ0n) is 21.1. The molecule has 7 nitrogen and oxygen atoms in total. The maximum absolute atomic E-state index is 13.0. The average molecular weight is 555 g/mol. The summed E-state index contributed by atoms with van der Waals surface area (Å²) in [6, 6.07) is 12.0. The number of ether oxygens (including phenoxy) is 3. The molecular formula is C27H33F3N2O5S. The molecule has 0 spiro atoms. The van der Waals surface area contributed by atoms with Crippen LogP contribution >= 0.6 is 0 Å². The summed E-state index contributed by atoms with van der Waals surface area (Å²) >= 11 is 0. The first kappa shape index (κ1) is 27.1. The van der Waals surface area contributed by atoms with Crippen LogP contribution in [0, 0.1) is 0 Å². The third-order valence-electron chi connectivity index (χ3n) is 7.64. The van der Waals surface area contributed by atoms with Crippen LogP contribution in [0.1, 0.15) is 50.0 Å². The van der Waals surface area contributed by atoms with E-state index in [0.29, 0.717) is 36.5 Å². The molecule has 0 atom stereocenters. The first-order valence-electron chi connectivity index (χ1n) is 13.1. The number of fused-ring (bicyclic) bond motifs is 1. The Morgan fingerprint density at radius 3 is 2.32 bits per heavy atom. The lowest BCUT2D eigenvalue weighted by Crippen LogP contribution is -2.46. The van der Waals surface area contributed by atoms with E-state index in [2.05, 4.69) is 9.62 Å². The van der Waals surface area contributed by atoms with Crippen molar-refractivity contribution in [1.29, 1.82) is 0 Å². The molecule has 11 heteroatoms. The number of piperidine rings is 1. The van der Waals surface area contributed by atoms with Gasteiger partial charge in [-0.25, -0.2) is 13.1 Å². The number of rotatable bonds is 7. The third kappa shape index (κ3) is 6.55. The molecule has 0 amide bonds. The lowest BCUT2D eigenvalue weighted by molar-refractivity contribution is -0.153. The van der Waals surface area contributed by atoms with E-state index in [1.54, 1.807) is 18.2 Å². The molecule has 2 aromatic carbocycles. The fourth-order valence-corrected chi connectivity index (χ4v) is 7.04. The lowest BCUT2D eigenvalue weighted by Gasteiger charge is -2.41. The normalized spacial score (nSPS) is 23.2. The number of hydrogen-bond acceptors (Lipinski definition) is 6. The van der Waals surface area contributed by atoms with Crippen molar-refractivity contribution in [3.63, 3.8) is 0 Å². The SMILES string of the molecule is O=S(=O)(N[C@H]1CC[C@H](N2CCC(c3ccccc3OCC(F)(F)F)CC2)CC1)c1ccc2c(c1)OCCO2. The van der Waals surface area contributed by atoms with Crippen LogP contribution in [-0.2, 0) is 10.0 Å². The first-order chi connectivity index (χ1) is 18.2. The van der Waals surface area contributed by atoms with E-state index in [4.69, 9.17) is 14.2 Å². The molecule has 5 rings (SSSR count). The quantitative estimate of drug-likeness (QED) is 0.527. The highest BCUT2D eigenvalue weighted by Crippen LogP contribution is 2.37. The second-order valence-corrected chi connectivity index (χ2v) is 11.9. The van der Waals surface area contributed by atoms with Gasteiger partial charge in [-0.2, -0.15) is 13.2 Å². The fraction of sp³-hybridized carbons (Fsp3) is 0.556. The molecule has 1 N–H and O–H groups in total. The second-order valence-electron chi connectivity index (χ2n) is 10.2. The fourth-order valence-electron chi connectivity index (χ4n) is 5.72. The number of nitrogens with one attached hydrogen (secondary N) is 1. The molecule has 2 aromatic rings. The van der Waals surface area contributed by atoms with Crippen LogP contribution in [0.15, 0.2) is 47.4 Å². The topological polar surface area (TPSA) is 77.1 Å². The van der Waals surface area contributed by atoms with E-state index in [-0.39, 0.29) is 16.9 Å². The lowest BCUT2D eigenvalue weighted by atomic mass is 9.85. The summed E-state index contributed by atoms with van der Waals surface area (Å²) in [6.45, 7) is 1.27. The number of sulfonamides is 1. The predicted octanol–water partition coefficient (Wildman–Crippen LogP) is 4.87. The average Bonchev–Trinajstić information content (AvgIpc) is 2.92. The highest BCUT2D eigenvalue weighted by atomic mass is 32.2. The van der Waals surface area contributed by atoms with Gasteiger partial charge in [0.1, 0.15) is 19.0 Å². The first-order valence-corrected chi connectivity index (χ1v) is 14.6. The summed E-state index contributed by atoms with van der Waals surface area (Å²) < 4.78 is 82.9. The molecule has 1 saturated heterocycles. The van der Waals surface area contributed by atoms with Crippen LogP contribution < -0.4 is 18.9 Å². The summed E-state index contributed by atoms with van der Waals surface area (Å²) in [5.41, 5.74) is 0.841. The van der Waals surface area contributed by atoms with Crippen molar-refractivity contribution >= 4 is 10.0 Å². The van der Waals surface area contributed by atoms with Crippen molar-refractivity contribution in [3.8, 4) is 17.2 Å². The van der Waals surface area contributed by atoms with Crippen molar-refractivity contribution in [2.24, 2.45) is 0 Å². The van der Waals surface area contributed by atoms with E-state index in [1.807, 2.05) is 12.1 Å². The van der Waals surface area contributed by atoms with Gasteiger partial charge in [-0.05, 0) is 81.3 Å². The van der Waals surface area contributed by atoms with E-state index >= 15 is 0 Å². The van der Waals surface area contributed by atoms with Crippen LogP contribution in [0.25, 0.3) is 0 Å². The van der Waals surface area contributed by atoms with Gasteiger partial charge in [0.15, 0.2) is 18.1 Å². The van der Waals surface area contributed by atoms with Crippen LogP contribution in [0.2, 0.25) is 0 Å². The predicted molar refractivity (Wildman–Crippen MR) is 135 cm³/mol.